The molecule has 7 N–H and O–H groups in total. The third-order valence-corrected chi connectivity index (χ3v) is 8.61. The van der Waals surface area contributed by atoms with Gasteiger partial charge in [0.2, 0.25) is 22.8 Å². The number of allylic oxidation sites excluding steroid dienone is 7. The highest BCUT2D eigenvalue weighted by atomic mass is 32.1. The lowest BCUT2D eigenvalue weighted by Gasteiger charge is -2.29. The van der Waals surface area contributed by atoms with E-state index in [0.29, 0.717) is 23.3 Å². The summed E-state index contributed by atoms with van der Waals surface area (Å²) in [5.41, 5.74) is 5.39. The smallest absolute Gasteiger partial charge is 0.408 e. The van der Waals surface area contributed by atoms with Gasteiger partial charge in [-0.05, 0) is 82.9 Å². The number of nitrogens with zero attached hydrogens (tertiary/aromatic N) is 2. The predicted molar refractivity (Wildman–Crippen MR) is 190 cm³/mol. The predicted octanol–water partition coefficient (Wildman–Crippen LogP) is 5.26. The Labute approximate surface area is 288 Å². The van der Waals surface area contributed by atoms with Crippen molar-refractivity contribution in [1.29, 1.82) is 0 Å². The average Bonchev–Trinajstić information content (AvgIpc) is 3.43. The second kappa shape index (κ2) is 17.7. The molecule has 48 heavy (non-hydrogen) atoms. The molecule has 1 aliphatic carbocycles. The number of nitrogens with one attached hydrogen (secondary N) is 4. The van der Waals surface area contributed by atoms with Crippen LogP contribution in [0.5, 0.6) is 0 Å². The van der Waals surface area contributed by atoms with Crippen molar-refractivity contribution in [3.8, 4) is 0 Å². The summed E-state index contributed by atoms with van der Waals surface area (Å²) in [6.45, 7) is 11.3. The molecule has 0 spiro atoms. The van der Waals surface area contributed by atoms with Crippen molar-refractivity contribution in [2.24, 2.45) is 11.8 Å². The van der Waals surface area contributed by atoms with Crippen LogP contribution in [0.1, 0.15) is 83.4 Å². The summed E-state index contributed by atoms with van der Waals surface area (Å²) in [5.74, 6) is 0.790. The zero-order chi connectivity index (χ0) is 35.3. The molecule has 0 saturated heterocycles. The maximum atomic E-state index is 12.8. The summed E-state index contributed by atoms with van der Waals surface area (Å²) < 4.78 is 5.40. The van der Waals surface area contributed by atoms with Crippen molar-refractivity contribution in [3.63, 3.8) is 0 Å². The largest absolute Gasteiger partial charge is 0.444 e. The number of unbranched alkanes of at least 4 members (excludes halogenated alkanes) is 1. The first kappa shape index (κ1) is 38.2. The van der Waals surface area contributed by atoms with Crippen molar-refractivity contribution in [1.82, 2.24) is 26.1 Å². The van der Waals surface area contributed by atoms with Crippen molar-refractivity contribution >= 4 is 34.4 Å². The molecule has 2 unspecified atom stereocenters. The summed E-state index contributed by atoms with van der Waals surface area (Å²) in [5, 5.41) is 21.7. The molecule has 2 atom stereocenters. The molecule has 3 rings (SSSR count). The van der Waals surface area contributed by atoms with E-state index < -0.39 is 17.2 Å². The molecule has 0 bridgehead atoms. The summed E-state index contributed by atoms with van der Waals surface area (Å²) in [6, 6.07) is 7.58. The van der Waals surface area contributed by atoms with Gasteiger partial charge in [-0.3, -0.25) is 14.9 Å². The fourth-order valence-corrected chi connectivity index (χ4v) is 5.84. The zero-order valence-corrected chi connectivity index (χ0v) is 30.1. The topological polar surface area (TPSA) is 162 Å². The van der Waals surface area contributed by atoms with Gasteiger partial charge in [0.25, 0.3) is 0 Å². The van der Waals surface area contributed by atoms with Crippen molar-refractivity contribution in [2.45, 2.75) is 91.2 Å². The van der Waals surface area contributed by atoms with Crippen LogP contribution in [0.4, 0.5) is 9.93 Å². The van der Waals surface area contributed by atoms with E-state index in [1.165, 1.54) is 11.3 Å². The lowest BCUT2D eigenvalue weighted by atomic mass is 9.87. The number of ether oxygens (including phenoxy) is 1. The molecule has 12 heteroatoms. The Hall–Kier alpha value is -4.29. The van der Waals surface area contributed by atoms with Crippen LogP contribution >= 0.6 is 11.3 Å². The van der Waals surface area contributed by atoms with Gasteiger partial charge in [0, 0.05) is 31.7 Å². The van der Waals surface area contributed by atoms with Gasteiger partial charge in [-0.1, -0.05) is 66.8 Å². The number of anilines is 1. The number of alkyl carbamates (subject to hydrolysis) is 1. The standard InChI is InChI=1S/C36H51N7O4S/c1-24-13-8-9-15-26(24)23-31(45)40-33-43-42-32(48-33)18-11-10-17-28(38-7)19-20-29(37)39-30(44)22-25-14-12-16-27(21-25)36(5,6)41-34(46)47-35(2,3)4/h8-9,12-16,19-21,24,26,38H,10-11,17-18,22-23,37H2,1-7H3,(H,39,44)(H,41,46)(H,40,43,45)/p+1/b28-19-,29-20+. The summed E-state index contributed by atoms with van der Waals surface area (Å²) in [6.07, 6.45) is 15.4. The molecular formula is C36H52N7O4S+. The lowest BCUT2D eigenvalue weighted by Crippen LogP contribution is -2.55. The SMILES string of the molecule is CN/C(=C\C=C(/[NH3+])NC(=O)Cc1cccc(C(C)(C)NC(=O)OC(C)(C)C)c1)CCCCc1nnc(NC(=O)CC2C=CC=CC2C)s1. The molecule has 1 heterocycles. The third kappa shape index (κ3) is 13.4. The van der Waals surface area contributed by atoms with Gasteiger partial charge in [-0.2, -0.15) is 0 Å². The number of rotatable bonds is 15. The van der Waals surface area contributed by atoms with E-state index >= 15 is 0 Å². The number of carbonyl (C=O) groups excluding carboxylic acids is 3. The Morgan fingerprint density at radius 2 is 1.77 bits per heavy atom. The lowest BCUT2D eigenvalue weighted by molar-refractivity contribution is -0.310. The highest BCUT2D eigenvalue weighted by Gasteiger charge is 2.26. The molecule has 0 saturated carbocycles. The van der Waals surface area contributed by atoms with Crippen LogP contribution < -0.4 is 27.0 Å². The number of amides is 3. The van der Waals surface area contributed by atoms with Gasteiger partial charge in [0.15, 0.2) is 0 Å². The van der Waals surface area contributed by atoms with Crippen LogP contribution in [-0.2, 0) is 32.7 Å². The number of aromatic nitrogens is 2. The molecule has 3 amide bonds. The van der Waals surface area contributed by atoms with E-state index in [4.69, 9.17) is 4.74 Å². The second-order valence-electron chi connectivity index (χ2n) is 13.6. The Morgan fingerprint density at radius 3 is 2.48 bits per heavy atom. The molecule has 2 aromatic rings. The molecule has 1 aromatic heterocycles. The number of aryl methyl sites for hydroxylation is 1. The first-order valence-corrected chi connectivity index (χ1v) is 17.2. The van der Waals surface area contributed by atoms with Gasteiger partial charge in [0.05, 0.1) is 12.0 Å². The number of quaternary nitrogens is 1. The molecule has 11 nitrogen and oxygen atoms in total. The fraction of sp³-hybridized carbons (Fsp3) is 0.472. The Morgan fingerprint density at radius 1 is 1.02 bits per heavy atom. The molecule has 0 radical (unpaired) electrons. The Kier molecular flexibility index (Phi) is 14.1. The van der Waals surface area contributed by atoms with E-state index in [1.807, 2.05) is 84.2 Å². The molecular weight excluding hydrogens is 627 g/mol. The zero-order valence-electron chi connectivity index (χ0n) is 29.3. The van der Waals surface area contributed by atoms with E-state index in [0.717, 1.165) is 47.5 Å². The van der Waals surface area contributed by atoms with Crippen LogP contribution in [0.25, 0.3) is 0 Å². The van der Waals surface area contributed by atoms with Gasteiger partial charge < -0.3 is 26.4 Å². The van der Waals surface area contributed by atoms with Crippen LogP contribution in [0.3, 0.4) is 0 Å². The number of hydrogen-bond acceptors (Lipinski definition) is 8. The van der Waals surface area contributed by atoms with E-state index in [9.17, 15) is 14.4 Å². The molecule has 1 aliphatic rings. The Balaban J connectivity index is 1.42. The van der Waals surface area contributed by atoms with Crippen molar-refractivity contribution in [2.75, 3.05) is 12.4 Å². The molecule has 260 valence electrons. The molecule has 1 aromatic carbocycles. The molecule has 0 aliphatic heterocycles. The fourth-order valence-electron chi connectivity index (χ4n) is 5.04. The van der Waals surface area contributed by atoms with Gasteiger partial charge >= 0.3 is 6.09 Å². The quantitative estimate of drug-likeness (QED) is 0.127. The first-order valence-electron chi connectivity index (χ1n) is 16.4. The minimum Gasteiger partial charge on any atom is -0.444 e. The number of hydrogen-bond donors (Lipinski definition) is 5. The highest BCUT2D eigenvalue weighted by molar-refractivity contribution is 7.15. The minimum atomic E-state index is -0.693. The van der Waals surface area contributed by atoms with Crippen LogP contribution in [-0.4, -0.2) is 40.8 Å². The van der Waals surface area contributed by atoms with Crippen LogP contribution in [0.2, 0.25) is 0 Å². The summed E-state index contributed by atoms with van der Waals surface area (Å²) >= 11 is 1.42. The van der Waals surface area contributed by atoms with Gasteiger partial charge in [-0.25, -0.2) is 4.79 Å². The maximum Gasteiger partial charge on any atom is 0.408 e. The summed E-state index contributed by atoms with van der Waals surface area (Å²) in [7, 11) is 1.87. The third-order valence-electron chi connectivity index (χ3n) is 7.71. The van der Waals surface area contributed by atoms with Gasteiger partial charge in [0.1, 0.15) is 10.6 Å². The van der Waals surface area contributed by atoms with Crippen molar-refractivity contribution < 1.29 is 24.9 Å². The van der Waals surface area contributed by atoms with E-state index in [2.05, 4.69) is 56.3 Å². The number of carbonyl (C=O) groups is 3. The Bertz CT molecular complexity index is 1530. The normalized spacial score (nSPS) is 16.8. The van der Waals surface area contributed by atoms with Crippen molar-refractivity contribution in [3.05, 3.63) is 88.4 Å². The number of benzene rings is 1. The monoisotopic (exact) mass is 678 g/mol. The highest BCUT2D eigenvalue weighted by Crippen LogP contribution is 2.25. The second-order valence-corrected chi connectivity index (χ2v) is 14.6. The van der Waals surface area contributed by atoms with Crippen LogP contribution in [0, 0.1) is 11.8 Å². The minimum absolute atomic E-state index is 0.0461. The van der Waals surface area contributed by atoms with Gasteiger partial charge in [-0.15, -0.1) is 10.2 Å². The summed E-state index contributed by atoms with van der Waals surface area (Å²) in [4.78, 5) is 37.6. The maximum absolute atomic E-state index is 12.8. The first-order chi connectivity index (χ1) is 22.6. The average molecular weight is 679 g/mol. The van der Waals surface area contributed by atoms with Crippen LogP contribution in [0.15, 0.2) is 72.2 Å². The van der Waals surface area contributed by atoms with E-state index in [-0.39, 0.29) is 24.2 Å². The van der Waals surface area contributed by atoms with E-state index in [1.54, 1.807) is 6.08 Å². The molecule has 0 fully saturated rings.